The quantitative estimate of drug-likeness (QED) is 0.516. The van der Waals surface area contributed by atoms with Gasteiger partial charge >= 0.3 is 0 Å². The minimum atomic E-state index is 0.417. The van der Waals surface area contributed by atoms with Gasteiger partial charge in [0.15, 0.2) is 5.96 Å². The molecule has 0 aliphatic rings. The van der Waals surface area contributed by atoms with E-state index in [9.17, 15) is 0 Å². The molecule has 0 atom stereocenters. The minimum Gasteiger partial charge on any atom is -0.370 e. The van der Waals surface area contributed by atoms with Crippen molar-refractivity contribution in [3.05, 3.63) is 53.2 Å². The number of hydrogen-bond donors (Lipinski definition) is 2. The standard InChI is InChI=1S/C16H20N4S/c1-11-4-5-14(8-12(11)2)20-16(17)19-10-13-6-7-18-15(9-13)21-3/h4-9H,10H2,1-3H3,(H3,17,19,20). The summed E-state index contributed by atoms with van der Waals surface area (Å²) in [5.74, 6) is 0.417. The van der Waals surface area contributed by atoms with Crippen molar-refractivity contribution in [3.63, 3.8) is 0 Å². The van der Waals surface area contributed by atoms with Gasteiger partial charge < -0.3 is 11.1 Å². The molecule has 0 aliphatic heterocycles. The third-order valence-corrected chi connectivity index (χ3v) is 3.86. The Balaban J connectivity index is 2.01. The molecule has 110 valence electrons. The monoisotopic (exact) mass is 300 g/mol. The third-order valence-electron chi connectivity index (χ3n) is 3.22. The normalized spacial score (nSPS) is 11.5. The summed E-state index contributed by atoms with van der Waals surface area (Å²) in [5.41, 5.74) is 10.5. The van der Waals surface area contributed by atoms with E-state index in [-0.39, 0.29) is 0 Å². The SMILES string of the molecule is CSc1cc(CN=C(N)Nc2ccc(C)c(C)c2)ccn1. The summed E-state index contributed by atoms with van der Waals surface area (Å²) in [4.78, 5) is 8.60. The Morgan fingerprint density at radius 1 is 1.24 bits per heavy atom. The zero-order chi connectivity index (χ0) is 15.2. The first-order chi connectivity index (χ1) is 10.1. The van der Waals surface area contributed by atoms with E-state index in [4.69, 9.17) is 5.73 Å². The fraction of sp³-hybridized carbons (Fsp3) is 0.250. The van der Waals surface area contributed by atoms with Crippen LogP contribution in [0.15, 0.2) is 46.5 Å². The molecule has 0 saturated heterocycles. The summed E-state index contributed by atoms with van der Waals surface area (Å²) in [5, 5.41) is 4.10. The number of pyridine rings is 1. The maximum Gasteiger partial charge on any atom is 0.193 e. The highest BCUT2D eigenvalue weighted by Crippen LogP contribution is 2.15. The van der Waals surface area contributed by atoms with E-state index in [2.05, 4.69) is 41.3 Å². The van der Waals surface area contributed by atoms with Crippen molar-refractivity contribution in [2.45, 2.75) is 25.4 Å². The summed E-state index contributed by atoms with van der Waals surface area (Å²) in [6.45, 7) is 4.71. The predicted octanol–water partition coefficient (Wildman–Crippen LogP) is 3.35. The van der Waals surface area contributed by atoms with Crippen LogP contribution in [0.4, 0.5) is 5.69 Å². The number of aromatic nitrogens is 1. The number of hydrogen-bond acceptors (Lipinski definition) is 3. The molecule has 0 aliphatic carbocycles. The van der Waals surface area contributed by atoms with Gasteiger partial charge in [0.2, 0.25) is 0 Å². The molecule has 0 unspecified atom stereocenters. The van der Waals surface area contributed by atoms with Crippen molar-refractivity contribution in [3.8, 4) is 0 Å². The van der Waals surface area contributed by atoms with E-state index in [1.54, 1.807) is 18.0 Å². The Morgan fingerprint density at radius 2 is 2.05 bits per heavy atom. The number of nitrogens with one attached hydrogen (secondary N) is 1. The lowest BCUT2D eigenvalue weighted by atomic mass is 10.1. The third kappa shape index (κ3) is 4.49. The van der Waals surface area contributed by atoms with Crippen LogP contribution in [0, 0.1) is 13.8 Å². The first-order valence-corrected chi connectivity index (χ1v) is 7.94. The van der Waals surface area contributed by atoms with Crippen LogP contribution < -0.4 is 11.1 Å². The van der Waals surface area contributed by atoms with Crippen LogP contribution in [0.5, 0.6) is 0 Å². The summed E-state index contributed by atoms with van der Waals surface area (Å²) < 4.78 is 0. The number of nitrogens with zero attached hydrogens (tertiary/aromatic N) is 2. The van der Waals surface area contributed by atoms with Gasteiger partial charge in [0.25, 0.3) is 0 Å². The molecular weight excluding hydrogens is 280 g/mol. The second kappa shape index (κ2) is 7.13. The van der Waals surface area contributed by atoms with Crippen LogP contribution in [0.2, 0.25) is 0 Å². The Labute approximate surface area is 129 Å². The second-order valence-corrected chi connectivity index (χ2v) is 5.66. The lowest BCUT2D eigenvalue weighted by Crippen LogP contribution is -2.22. The Hall–Kier alpha value is -2.01. The van der Waals surface area contributed by atoms with Crippen molar-refractivity contribution in [1.29, 1.82) is 0 Å². The molecule has 0 radical (unpaired) electrons. The maximum atomic E-state index is 5.93. The number of anilines is 1. The van der Waals surface area contributed by atoms with Gasteiger partial charge in [-0.25, -0.2) is 9.98 Å². The fourth-order valence-electron chi connectivity index (χ4n) is 1.84. The molecule has 2 rings (SSSR count). The van der Waals surface area contributed by atoms with E-state index >= 15 is 0 Å². The fourth-order valence-corrected chi connectivity index (χ4v) is 2.28. The molecule has 0 saturated carbocycles. The van der Waals surface area contributed by atoms with Gasteiger partial charge in [-0.1, -0.05) is 6.07 Å². The summed E-state index contributed by atoms with van der Waals surface area (Å²) >= 11 is 1.62. The van der Waals surface area contributed by atoms with E-state index in [0.29, 0.717) is 12.5 Å². The largest absolute Gasteiger partial charge is 0.370 e. The predicted molar refractivity (Wildman–Crippen MR) is 90.9 cm³/mol. The van der Waals surface area contributed by atoms with Gasteiger partial charge in [0.05, 0.1) is 11.6 Å². The van der Waals surface area contributed by atoms with E-state index in [1.807, 2.05) is 24.5 Å². The van der Waals surface area contributed by atoms with Gasteiger partial charge in [-0.3, -0.25) is 0 Å². The first-order valence-electron chi connectivity index (χ1n) is 6.71. The van der Waals surface area contributed by atoms with Crippen molar-refractivity contribution in [2.75, 3.05) is 11.6 Å². The molecule has 0 bridgehead atoms. The number of rotatable bonds is 4. The van der Waals surface area contributed by atoms with Crippen LogP contribution >= 0.6 is 11.8 Å². The van der Waals surface area contributed by atoms with Gasteiger partial charge in [0.1, 0.15) is 0 Å². The van der Waals surface area contributed by atoms with E-state index in [1.165, 1.54) is 11.1 Å². The number of nitrogens with two attached hydrogens (primary N) is 1. The lowest BCUT2D eigenvalue weighted by Gasteiger charge is -2.08. The van der Waals surface area contributed by atoms with Crippen molar-refractivity contribution in [1.82, 2.24) is 4.98 Å². The molecule has 1 heterocycles. The molecule has 21 heavy (non-hydrogen) atoms. The number of aliphatic imine (C=N–C) groups is 1. The van der Waals surface area contributed by atoms with E-state index in [0.717, 1.165) is 16.3 Å². The van der Waals surface area contributed by atoms with Gasteiger partial charge in [-0.2, -0.15) is 0 Å². The molecule has 0 fully saturated rings. The molecule has 0 spiro atoms. The highest BCUT2D eigenvalue weighted by molar-refractivity contribution is 7.98. The number of guanidine groups is 1. The average molecular weight is 300 g/mol. The van der Waals surface area contributed by atoms with Gasteiger partial charge in [0, 0.05) is 11.9 Å². The van der Waals surface area contributed by atoms with Crippen molar-refractivity contribution in [2.24, 2.45) is 10.7 Å². The van der Waals surface area contributed by atoms with Crippen molar-refractivity contribution >= 4 is 23.4 Å². The Kier molecular flexibility index (Phi) is 5.22. The van der Waals surface area contributed by atoms with Crippen LogP contribution in [-0.2, 0) is 6.54 Å². The smallest absolute Gasteiger partial charge is 0.193 e. The molecular formula is C16H20N4S. The summed E-state index contributed by atoms with van der Waals surface area (Å²) in [6, 6.07) is 10.1. The zero-order valence-corrected chi connectivity index (χ0v) is 13.4. The molecule has 0 amide bonds. The topological polar surface area (TPSA) is 63.3 Å². The molecule has 4 nitrogen and oxygen atoms in total. The second-order valence-electron chi connectivity index (χ2n) is 4.83. The number of thioether (sulfide) groups is 1. The summed E-state index contributed by atoms with van der Waals surface area (Å²) in [7, 11) is 0. The number of benzene rings is 1. The highest BCUT2D eigenvalue weighted by Gasteiger charge is 1.99. The van der Waals surface area contributed by atoms with Crippen LogP contribution in [0.1, 0.15) is 16.7 Å². The van der Waals surface area contributed by atoms with Crippen molar-refractivity contribution < 1.29 is 0 Å². The lowest BCUT2D eigenvalue weighted by molar-refractivity contribution is 1.01. The van der Waals surface area contributed by atoms with Crippen LogP contribution in [0.3, 0.4) is 0 Å². The average Bonchev–Trinajstić information content (AvgIpc) is 2.49. The molecule has 5 heteroatoms. The number of aryl methyl sites for hydroxylation is 2. The van der Waals surface area contributed by atoms with Crippen LogP contribution in [0.25, 0.3) is 0 Å². The molecule has 3 N–H and O–H groups in total. The Bertz CT molecular complexity index is 652. The van der Waals surface area contributed by atoms with Gasteiger partial charge in [-0.05, 0) is 61.1 Å². The molecule has 1 aromatic heterocycles. The maximum absolute atomic E-state index is 5.93. The van der Waals surface area contributed by atoms with E-state index < -0.39 is 0 Å². The molecule has 1 aromatic carbocycles. The first kappa shape index (κ1) is 15.4. The van der Waals surface area contributed by atoms with Gasteiger partial charge in [-0.15, -0.1) is 11.8 Å². The molecule has 2 aromatic rings. The Morgan fingerprint density at radius 3 is 2.76 bits per heavy atom. The minimum absolute atomic E-state index is 0.417. The summed E-state index contributed by atoms with van der Waals surface area (Å²) in [6.07, 6.45) is 3.80. The highest BCUT2D eigenvalue weighted by atomic mass is 32.2. The van der Waals surface area contributed by atoms with Crippen LogP contribution in [-0.4, -0.2) is 17.2 Å². The zero-order valence-electron chi connectivity index (χ0n) is 12.6.